The summed E-state index contributed by atoms with van der Waals surface area (Å²) in [6.45, 7) is 3.37. The molecule has 1 heterocycles. The number of hydrogen-bond acceptors (Lipinski definition) is 2. The van der Waals surface area contributed by atoms with Gasteiger partial charge in [-0.05, 0) is 37.5 Å². The largest absolute Gasteiger partial charge is 0.389 e. The van der Waals surface area contributed by atoms with Crippen LogP contribution in [-0.2, 0) is 0 Å². The Morgan fingerprint density at radius 2 is 2.21 bits per heavy atom. The van der Waals surface area contributed by atoms with Crippen LogP contribution >= 0.6 is 28.1 Å². The van der Waals surface area contributed by atoms with Crippen LogP contribution in [0.25, 0.3) is 0 Å². The summed E-state index contributed by atoms with van der Waals surface area (Å²) in [5.74, 6) is 0. The fourth-order valence-corrected chi connectivity index (χ4v) is 3.39. The number of rotatable bonds is 3. The number of thiocarbonyl (C=S) groups is 1. The van der Waals surface area contributed by atoms with Gasteiger partial charge in [0, 0.05) is 28.3 Å². The van der Waals surface area contributed by atoms with Gasteiger partial charge in [-0.25, -0.2) is 0 Å². The van der Waals surface area contributed by atoms with E-state index in [1.54, 1.807) is 0 Å². The second-order valence-electron chi connectivity index (χ2n) is 5.13. The van der Waals surface area contributed by atoms with E-state index in [2.05, 4.69) is 33.8 Å². The quantitative estimate of drug-likeness (QED) is 0.834. The minimum absolute atomic E-state index is 0.488. The Balaban J connectivity index is 2.42. The van der Waals surface area contributed by atoms with Gasteiger partial charge in [0.05, 0.1) is 0 Å². The highest BCUT2D eigenvalue weighted by Crippen LogP contribution is 2.31. The van der Waals surface area contributed by atoms with Crippen molar-refractivity contribution in [2.24, 2.45) is 5.73 Å². The lowest BCUT2D eigenvalue weighted by Gasteiger charge is -2.33. The Morgan fingerprint density at radius 3 is 2.89 bits per heavy atom. The van der Waals surface area contributed by atoms with Crippen molar-refractivity contribution < 1.29 is 0 Å². The molecule has 0 spiro atoms. The second kappa shape index (κ2) is 6.71. The normalized spacial score (nSPS) is 20.1. The first kappa shape index (κ1) is 14.8. The van der Waals surface area contributed by atoms with Gasteiger partial charge < -0.3 is 10.6 Å². The lowest BCUT2D eigenvalue weighted by atomic mass is 10.1. The molecule has 0 radical (unpaired) electrons. The van der Waals surface area contributed by atoms with Crippen molar-refractivity contribution in [1.29, 1.82) is 0 Å². The van der Waals surface area contributed by atoms with E-state index in [0.29, 0.717) is 11.0 Å². The predicted octanol–water partition coefficient (Wildman–Crippen LogP) is 4.24. The highest BCUT2D eigenvalue weighted by molar-refractivity contribution is 9.10. The van der Waals surface area contributed by atoms with Crippen LogP contribution in [0.3, 0.4) is 0 Å². The molecule has 1 atom stereocenters. The van der Waals surface area contributed by atoms with E-state index in [0.717, 1.165) is 16.6 Å². The Kier molecular flexibility index (Phi) is 5.22. The Labute approximate surface area is 129 Å². The van der Waals surface area contributed by atoms with Gasteiger partial charge in [-0.3, -0.25) is 0 Å². The molecule has 0 amide bonds. The highest BCUT2D eigenvalue weighted by Gasteiger charge is 2.22. The van der Waals surface area contributed by atoms with Crippen LogP contribution in [0.4, 0.5) is 5.69 Å². The van der Waals surface area contributed by atoms with E-state index in [1.807, 2.05) is 12.1 Å². The van der Waals surface area contributed by atoms with Crippen LogP contribution < -0.4 is 10.6 Å². The van der Waals surface area contributed by atoms with E-state index >= 15 is 0 Å². The molecule has 2 N–H and O–H groups in total. The van der Waals surface area contributed by atoms with Crippen molar-refractivity contribution in [3.63, 3.8) is 0 Å². The highest BCUT2D eigenvalue weighted by atomic mass is 79.9. The summed E-state index contributed by atoms with van der Waals surface area (Å²) in [5.41, 5.74) is 8.08. The Bertz CT molecular complexity index is 461. The number of nitrogens with zero attached hydrogens (tertiary/aromatic N) is 1. The summed E-state index contributed by atoms with van der Waals surface area (Å²) in [5, 5.41) is 0. The zero-order valence-electron chi connectivity index (χ0n) is 11.4. The van der Waals surface area contributed by atoms with E-state index in [1.165, 1.54) is 37.8 Å². The summed E-state index contributed by atoms with van der Waals surface area (Å²) in [4.78, 5) is 2.99. The summed E-state index contributed by atoms with van der Waals surface area (Å²) >= 11 is 8.77. The first-order chi connectivity index (χ1) is 9.13. The zero-order chi connectivity index (χ0) is 13.8. The molecule has 1 aromatic rings. The van der Waals surface area contributed by atoms with E-state index in [-0.39, 0.29) is 0 Å². The molecule has 0 aliphatic carbocycles. The molecular weight excluding hydrogens is 320 g/mol. The number of anilines is 1. The van der Waals surface area contributed by atoms with Crippen molar-refractivity contribution in [2.75, 3.05) is 11.4 Å². The molecule has 0 bridgehead atoms. The average molecular weight is 341 g/mol. The maximum atomic E-state index is 5.89. The summed E-state index contributed by atoms with van der Waals surface area (Å²) < 4.78 is 1.08. The van der Waals surface area contributed by atoms with Gasteiger partial charge in [0.25, 0.3) is 0 Å². The number of nitrogens with two attached hydrogens (primary N) is 1. The third-order valence-electron chi connectivity index (χ3n) is 3.88. The molecule has 2 nitrogen and oxygen atoms in total. The van der Waals surface area contributed by atoms with Gasteiger partial charge in [-0.1, -0.05) is 47.9 Å². The molecule has 0 saturated carbocycles. The van der Waals surface area contributed by atoms with Crippen LogP contribution in [-0.4, -0.2) is 17.6 Å². The lowest BCUT2D eigenvalue weighted by Crippen LogP contribution is -2.35. The third-order valence-corrected chi connectivity index (χ3v) is 4.60. The fourth-order valence-electron chi connectivity index (χ4n) is 2.87. The smallest absolute Gasteiger partial charge is 0.106 e. The molecule has 19 heavy (non-hydrogen) atoms. The number of benzene rings is 1. The minimum atomic E-state index is 0.488. The maximum Gasteiger partial charge on any atom is 0.106 e. The molecule has 1 unspecified atom stereocenters. The van der Waals surface area contributed by atoms with Crippen molar-refractivity contribution in [3.8, 4) is 0 Å². The molecule has 4 heteroatoms. The first-order valence-corrected chi connectivity index (χ1v) is 8.19. The van der Waals surface area contributed by atoms with Crippen LogP contribution in [0, 0.1) is 0 Å². The van der Waals surface area contributed by atoms with E-state index < -0.39 is 0 Å². The predicted molar refractivity (Wildman–Crippen MR) is 89.9 cm³/mol. The topological polar surface area (TPSA) is 29.3 Å². The summed E-state index contributed by atoms with van der Waals surface area (Å²) in [6.07, 6.45) is 6.33. The molecule has 1 aromatic carbocycles. The molecule has 1 saturated heterocycles. The zero-order valence-corrected chi connectivity index (χ0v) is 13.8. The fraction of sp³-hybridized carbons (Fsp3) is 0.533. The second-order valence-corrected chi connectivity index (χ2v) is 6.49. The van der Waals surface area contributed by atoms with E-state index in [4.69, 9.17) is 18.0 Å². The molecule has 2 rings (SSSR count). The van der Waals surface area contributed by atoms with Crippen LogP contribution in [0.5, 0.6) is 0 Å². The number of halogens is 1. The number of hydrogen-bond donors (Lipinski definition) is 1. The third kappa shape index (κ3) is 3.48. The van der Waals surface area contributed by atoms with Gasteiger partial charge in [0.2, 0.25) is 0 Å². The minimum Gasteiger partial charge on any atom is -0.389 e. The van der Waals surface area contributed by atoms with Gasteiger partial charge >= 0.3 is 0 Å². The Morgan fingerprint density at radius 1 is 1.42 bits per heavy atom. The van der Waals surface area contributed by atoms with Crippen molar-refractivity contribution in [1.82, 2.24) is 0 Å². The van der Waals surface area contributed by atoms with Crippen molar-refractivity contribution >= 4 is 38.8 Å². The molecular formula is C15H21BrN2S. The van der Waals surface area contributed by atoms with Crippen LogP contribution in [0.1, 0.15) is 44.6 Å². The van der Waals surface area contributed by atoms with Gasteiger partial charge in [-0.15, -0.1) is 0 Å². The van der Waals surface area contributed by atoms with Gasteiger partial charge in [-0.2, -0.15) is 0 Å². The summed E-state index contributed by atoms with van der Waals surface area (Å²) in [7, 11) is 0. The Hall–Kier alpha value is -0.610. The van der Waals surface area contributed by atoms with Crippen LogP contribution in [0.2, 0.25) is 0 Å². The monoisotopic (exact) mass is 340 g/mol. The van der Waals surface area contributed by atoms with Crippen LogP contribution in [0.15, 0.2) is 22.7 Å². The average Bonchev–Trinajstić information content (AvgIpc) is 2.63. The molecule has 1 fully saturated rings. The van der Waals surface area contributed by atoms with Gasteiger partial charge in [0.1, 0.15) is 4.99 Å². The lowest BCUT2D eigenvalue weighted by molar-refractivity contribution is 0.556. The molecule has 1 aliphatic heterocycles. The molecule has 0 aromatic heterocycles. The van der Waals surface area contributed by atoms with Crippen molar-refractivity contribution in [3.05, 3.63) is 28.2 Å². The molecule has 1 aliphatic rings. The van der Waals surface area contributed by atoms with Crippen molar-refractivity contribution in [2.45, 2.75) is 45.1 Å². The standard InChI is InChI=1S/C15H21BrN2S/c1-2-12-6-4-3-5-9-18(12)14-10-11(16)7-8-13(14)15(17)19/h7-8,10,12H,2-6,9H2,1H3,(H2,17,19). The SMILES string of the molecule is CCC1CCCCCN1c1cc(Br)ccc1C(N)=S. The first-order valence-electron chi connectivity index (χ1n) is 6.99. The van der Waals surface area contributed by atoms with E-state index in [9.17, 15) is 0 Å². The molecule has 104 valence electrons. The summed E-state index contributed by atoms with van der Waals surface area (Å²) in [6, 6.07) is 6.79. The van der Waals surface area contributed by atoms with Gasteiger partial charge in [0.15, 0.2) is 0 Å². The maximum absolute atomic E-state index is 5.89.